The highest BCUT2D eigenvalue weighted by Gasteiger charge is 2.40. The lowest BCUT2D eigenvalue weighted by molar-refractivity contribution is 0.352. The van der Waals surface area contributed by atoms with E-state index < -0.39 is 8.45 Å². The van der Waals surface area contributed by atoms with Gasteiger partial charge in [-0.3, -0.25) is 0 Å². The van der Waals surface area contributed by atoms with Gasteiger partial charge in [-0.1, -0.05) is 30.3 Å². The number of benzene rings is 2. The molecule has 1 aliphatic heterocycles. The Morgan fingerprint density at radius 3 is 2.00 bits per heavy atom. The molecule has 5 nitrogen and oxygen atoms in total. The average molecular weight is 417 g/mol. The summed E-state index contributed by atoms with van der Waals surface area (Å²) in [6, 6.07) is 19.2. The van der Waals surface area contributed by atoms with Gasteiger partial charge in [0, 0.05) is 24.3 Å². The maximum atomic E-state index is 6.40. The van der Waals surface area contributed by atoms with Crippen LogP contribution >= 0.6 is 20.7 Å². The second kappa shape index (κ2) is 9.55. The molecule has 0 bridgehead atoms. The highest BCUT2D eigenvalue weighted by molar-refractivity contribution is 7.80. The van der Waals surface area contributed by atoms with Crippen molar-refractivity contribution in [1.29, 1.82) is 0 Å². The SMILES string of the molecule is CC(C)N1c2ccccc2N(C(C)C)P1OCCNC(=S)Nc1ccccc1. The van der Waals surface area contributed by atoms with E-state index in [1.165, 1.54) is 11.4 Å². The summed E-state index contributed by atoms with van der Waals surface area (Å²) in [6.07, 6.45) is 0. The summed E-state index contributed by atoms with van der Waals surface area (Å²) in [5.74, 6) is 0. The van der Waals surface area contributed by atoms with Crippen LogP contribution in [0.1, 0.15) is 27.7 Å². The van der Waals surface area contributed by atoms with Crippen molar-refractivity contribution in [2.45, 2.75) is 39.8 Å². The van der Waals surface area contributed by atoms with E-state index in [1.807, 2.05) is 30.3 Å². The fourth-order valence-corrected chi connectivity index (χ4v) is 5.63. The zero-order valence-corrected chi connectivity index (χ0v) is 18.6. The number of anilines is 3. The lowest BCUT2D eigenvalue weighted by atomic mass is 10.2. The van der Waals surface area contributed by atoms with Gasteiger partial charge < -0.3 is 24.5 Å². The summed E-state index contributed by atoms with van der Waals surface area (Å²) in [4.78, 5) is 0. The molecule has 0 amide bonds. The predicted molar refractivity (Wildman–Crippen MR) is 125 cm³/mol. The molecule has 0 saturated carbocycles. The van der Waals surface area contributed by atoms with Crippen molar-refractivity contribution in [3.8, 4) is 0 Å². The fourth-order valence-electron chi connectivity index (χ4n) is 3.20. The van der Waals surface area contributed by atoms with E-state index in [4.69, 9.17) is 16.7 Å². The van der Waals surface area contributed by atoms with E-state index in [-0.39, 0.29) is 0 Å². The summed E-state index contributed by atoms with van der Waals surface area (Å²) in [5.41, 5.74) is 3.49. The second-order valence-corrected chi connectivity index (χ2v) is 9.23. The second-order valence-electron chi connectivity index (χ2n) is 7.20. The van der Waals surface area contributed by atoms with E-state index in [2.05, 4.69) is 71.9 Å². The predicted octanol–water partition coefficient (Wildman–Crippen LogP) is 5.36. The molecule has 0 atom stereocenters. The molecule has 0 radical (unpaired) electrons. The fraction of sp³-hybridized carbons (Fsp3) is 0.381. The number of fused-ring (bicyclic) bond motifs is 1. The molecule has 3 rings (SSSR count). The quantitative estimate of drug-likeness (QED) is 0.360. The monoisotopic (exact) mass is 416 g/mol. The van der Waals surface area contributed by atoms with E-state index in [0.717, 1.165) is 5.69 Å². The summed E-state index contributed by atoms with van der Waals surface area (Å²) >= 11 is 5.38. The lowest BCUT2D eigenvalue weighted by Gasteiger charge is -2.35. The Morgan fingerprint density at radius 2 is 1.46 bits per heavy atom. The van der Waals surface area contributed by atoms with Crippen molar-refractivity contribution in [1.82, 2.24) is 5.32 Å². The van der Waals surface area contributed by atoms with Gasteiger partial charge in [-0.25, -0.2) is 0 Å². The maximum absolute atomic E-state index is 6.40. The van der Waals surface area contributed by atoms with Crippen LogP contribution in [0.15, 0.2) is 54.6 Å². The molecule has 2 aromatic rings. The Hall–Kier alpha value is -1.88. The number of nitrogens with zero attached hydrogens (tertiary/aromatic N) is 2. The highest BCUT2D eigenvalue weighted by atomic mass is 32.1. The van der Waals surface area contributed by atoms with Gasteiger partial charge in [0.15, 0.2) is 5.11 Å². The normalized spacial score (nSPS) is 13.9. The van der Waals surface area contributed by atoms with Crippen LogP contribution in [-0.4, -0.2) is 30.3 Å². The number of hydrogen-bond donors (Lipinski definition) is 2. The van der Waals surface area contributed by atoms with Crippen LogP contribution in [0.4, 0.5) is 17.1 Å². The zero-order valence-electron chi connectivity index (χ0n) is 16.9. The molecule has 2 N–H and O–H groups in total. The van der Waals surface area contributed by atoms with Crippen molar-refractivity contribution < 1.29 is 4.52 Å². The first-order chi connectivity index (χ1) is 13.5. The molecule has 2 aromatic carbocycles. The van der Waals surface area contributed by atoms with Gasteiger partial charge >= 0.3 is 0 Å². The van der Waals surface area contributed by atoms with Gasteiger partial charge in [-0.2, -0.15) is 0 Å². The minimum absolute atomic E-state index is 0.366. The number of para-hydroxylation sites is 3. The first kappa shape index (κ1) is 20.8. The molecular weight excluding hydrogens is 387 g/mol. The highest BCUT2D eigenvalue weighted by Crippen LogP contribution is 2.61. The van der Waals surface area contributed by atoms with Crippen LogP contribution in [0.5, 0.6) is 0 Å². The molecule has 0 fully saturated rings. The standard InChI is InChI=1S/C21H29N4OPS/c1-16(2)24-19-12-8-9-13-20(19)25(17(3)4)27(24)26-15-14-22-21(28)23-18-10-6-5-7-11-18/h5-13,16-17H,14-15H2,1-4H3,(H2,22,23,28). The molecule has 0 aromatic heterocycles. The first-order valence-corrected chi connectivity index (χ1v) is 11.3. The topological polar surface area (TPSA) is 39.8 Å². The van der Waals surface area contributed by atoms with E-state index in [1.54, 1.807) is 0 Å². The smallest absolute Gasteiger partial charge is 0.249 e. The van der Waals surface area contributed by atoms with E-state index in [9.17, 15) is 0 Å². The number of nitrogens with one attached hydrogen (secondary N) is 2. The van der Waals surface area contributed by atoms with Gasteiger partial charge in [0.05, 0.1) is 18.0 Å². The third-order valence-corrected chi connectivity index (χ3v) is 7.10. The third kappa shape index (κ3) is 4.75. The molecule has 0 saturated heterocycles. The van der Waals surface area contributed by atoms with Gasteiger partial charge in [0.1, 0.15) is 0 Å². The van der Waals surface area contributed by atoms with Crippen LogP contribution in [0, 0.1) is 0 Å². The zero-order chi connectivity index (χ0) is 20.1. The molecule has 0 aliphatic carbocycles. The largest absolute Gasteiger partial charge is 0.360 e. The minimum Gasteiger partial charge on any atom is -0.360 e. The summed E-state index contributed by atoms with van der Waals surface area (Å²) in [5, 5.41) is 7.03. The van der Waals surface area contributed by atoms with Gasteiger partial charge in [-0.05, 0) is 64.2 Å². The third-order valence-electron chi connectivity index (χ3n) is 4.35. The molecule has 150 valence electrons. The Kier molecular flexibility index (Phi) is 7.11. The first-order valence-electron chi connectivity index (χ1n) is 9.69. The van der Waals surface area contributed by atoms with Crippen molar-refractivity contribution in [3.05, 3.63) is 54.6 Å². The molecular formula is C21H29N4OPS. The maximum Gasteiger partial charge on any atom is 0.249 e. The van der Waals surface area contributed by atoms with Crippen molar-refractivity contribution >= 4 is 42.8 Å². The van der Waals surface area contributed by atoms with Gasteiger partial charge in [-0.15, -0.1) is 0 Å². The molecule has 0 unspecified atom stereocenters. The van der Waals surface area contributed by atoms with Gasteiger partial charge in [0.2, 0.25) is 8.45 Å². The number of thiocarbonyl (C=S) groups is 1. The van der Waals surface area contributed by atoms with Crippen molar-refractivity contribution in [2.24, 2.45) is 0 Å². The summed E-state index contributed by atoms with van der Waals surface area (Å²) < 4.78 is 11.2. The van der Waals surface area contributed by atoms with Crippen LogP contribution in [-0.2, 0) is 4.52 Å². The Morgan fingerprint density at radius 1 is 0.929 bits per heavy atom. The van der Waals surface area contributed by atoms with Crippen molar-refractivity contribution in [2.75, 3.05) is 27.8 Å². The summed E-state index contributed by atoms with van der Waals surface area (Å²) in [6.45, 7) is 10.1. The van der Waals surface area contributed by atoms with E-state index in [0.29, 0.717) is 30.3 Å². The van der Waals surface area contributed by atoms with Crippen LogP contribution in [0.25, 0.3) is 0 Å². The Labute approximate surface area is 175 Å². The molecule has 28 heavy (non-hydrogen) atoms. The van der Waals surface area contributed by atoms with Crippen molar-refractivity contribution in [3.63, 3.8) is 0 Å². The van der Waals surface area contributed by atoms with Crippen LogP contribution < -0.4 is 20.0 Å². The number of hydrogen-bond acceptors (Lipinski definition) is 4. The molecule has 1 heterocycles. The molecule has 7 heteroatoms. The molecule has 1 aliphatic rings. The minimum atomic E-state index is -0.894. The van der Waals surface area contributed by atoms with Crippen LogP contribution in [0.2, 0.25) is 0 Å². The van der Waals surface area contributed by atoms with Crippen LogP contribution in [0.3, 0.4) is 0 Å². The Balaban J connectivity index is 1.58. The average Bonchev–Trinajstić information content (AvgIpc) is 3.00. The van der Waals surface area contributed by atoms with Gasteiger partial charge in [0.25, 0.3) is 0 Å². The van der Waals surface area contributed by atoms with E-state index >= 15 is 0 Å². The number of rotatable bonds is 7. The Bertz CT molecular complexity index is 752. The lowest BCUT2D eigenvalue weighted by Crippen LogP contribution is -2.34. The summed E-state index contributed by atoms with van der Waals surface area (Å²) in [7, 11) is -0.894. The molecule has 0 spiro atoms.